The second kappa shape index (κ2) is 10.1. The first kappa shape index (κ1) is 19.3. The van der Waals surface area contributed by atoms with Crippen LogP contribution in [-0.2, 0) is 13.0 Å². The van der Waals surface area contributed by atoms with E-state index in [9.17, 15) is 0 Å². The number of hydrogen-bond acceptors (Lipinski definition) is 3. The van der Waals surface area contributed by atoms with Gasteiger partial charge in [-0.25, -0.2) is 0 Å². The van der Waals surface area contributed by atoms with Crippen LogP contribution in [0.5, 0.6) is 5.75 Å². The molecular weight excluding hydrogens is 405 g/mol. The van der Waals surface area contributed by atoms with Crippen LogP contribution in [0, 0.1) is 6.92 Å². The minimum absolute atomic E-state index is 0. The summed E-state index contributed by atoms with van der Waals surface area (Å²) in [5.41, 5.74) is 2.31. The van der Waals surface area contributed by atoms with Gasteiger partial charge in [-0.3, -0.25) is 4.99 Å². The van der Waals surface area contributed by atoms with Crippen LogP contribution in [0.15, 0.2) is 46.0 Å². The molecule has 5 nitrogen and oxygen atoms in total. The molecule has 0 fully saturated rings. The quantitative estimate of drug-likeness (QED) is 0.421. The third-order valence-corrected chi connectivity index (χ3v) is 3.39. The summed E-state index contributed by atoms with van der Waals surface area (Å²) in [4.78, 5) is 4.22. The van der Waals surface area contributed by atoms with Gasteiger partial charge in [0.15, 0.2) is 5.96 Å². The van der Waals surface area contributed by atoms with Gasteiger partial charge in [0.1, 0.15) is 11.5 Å². The normalized spacial score (nSPS) is 10.8. The lowest BCUT2D eigenvalue weighted by molar-refractivity contribution is 0.411. The van der Waals surface area contributed by atoms with Gasteiger partial charge >= 0.3 is 0 Å². The van der Waals surface area contributed by atoms with E-state index in [4.69, 9.17) is 9.15 Å². The van der Waals surface area contributed by atoms with Crippen LogP contribution in [0.4, 0.5) is 0 Å². The van der Waals surface area contributed by atoms with Crippen molar-refractivity contribution in [3.63, 3.8) is 0 Å². The van der Waals surface area contributed by atoms with Crippen molar-refractivity contribution in [3.8, 4) is 5.75 Å². The van der Waals surface area contributed by atoms with Crippen molar-refractivity contribution in [2.75, 3.05) is 20.7 Å². The first-order chi connectivity index (χ1) is 10.7. The van der Waals surface area contributed by atoms with Gasteiger partial charge in [-0.05, 0) is 36.2 Å². The molecule has 0 saturated carbocycles. The predicted octanol–water partition coefficient (Wildman–Crippen LogP) is 3.12. The molecule has 0 atom stereocenters. The van der Waals surface area contributed by atoms with Crippen LogP contribution >= 0.6 is 24.0 Å². The SMILES string of the molecule is CN=C(NCCc1ccco1)NCc1ccc(OC)c(C)c1.I. The van der Waals surface area contributed by atoms with Crippen molar-refractivity contribution in [1.29, 1.82) is 0 Å². The van der Waals surface area contributed by atoms with Crippen molar-refractivity contribution < 1.29 is 9.15 Å². The average molecular weight is 429 g/mol. The fourth-order valence-electron chi connectivity index (χ4n) is 2.22. The first-order valence-electron chi connectivity index (χ1n) is 7.33. The highest BCUT2D eigenvalue weighted by molar-refractivity contribution is 14.0. The number of aryl methyl sites for hydroxylation is 1. The van der Waals surface area contributed by atoms with E-state index < -0.39 is 0 Å². The van der Waals surface area contributed by atoms with Crippen LogP contribution < -0.4 is 15.4 Å². The molecular formula is C17H24IN3O2. The molecule has 2 rings (SSSR count). The number of ether oxygens (including phenoxy) is 1. The molecule has 2 aromatic rings. The maximum absolute atomic E-state index is 5.30. The molecule has 1 aromatic carbocycles. The Morgan fingerprint density at radius 1 is 1.26 bits per heavy atom. The number of guanidine groups is 1. The summed E-state index contributed by atoms with van der Waals surface area (Å²) in [6.07, 6.45) is 2.52. The molecule has 0 amide bonds. The molecule has 0 aliphatic heterocycles. The van der Waals surface area contributed by atoms with E-state index in [0.717, 1.165) is 36.0 Å². The highest BCUT2D eigenvalue weighted by atomic mass is 127. The van der Waals surface area contributed by atoms with E-state index in [0.29, 0.717) is 6.54 Å². The van der Waals surface area contributed by atoms with Gasteiger partial charge in [0.05, 0.1) is 13.4 Å². The Bertz CT molecular complexity index is 612. The Morgan fingerprint density at radius 3 is 2.70 bits per heavy atom. The maximum Gasteiger partial charge on any atom is 0.191 e. The highest BCUT2D eigenvalue weighted by Crippen LogP contribution is 2.18. The number of halogens is 1. The number of furan rings is 1. The van der Waals surface area contributed by atoms with Crippen molar-refractivity contribution in [1.82, 2.24) is 10.6 Å². The molecule has 6 heteroatoms. The van der Waals surface area contributed by atoms with E-state index in [1.54, 1.807) is 20.4 Å². The summed E-state index contributed by atoms with van der Waals surface area (Å²) in [5, 5.41) is 6.57. The summed E-state index contributed by atoms with van der Waals surface area (Å²) in [5.74, 6) is 2.65. The average Bonchev–Trinajstić information content (AvgIpc) is 3.04. The van der Waals surface area contributed by atoms with Gasteiger partial charge < -0.3 is 19.8 Å². The summed E-state index contributed by atoms with van der Waals surface area (Å²) < 4.78 is 10.6. The molecule has 0 saturated heterocycles. The molecule has 0 bridgehead atoms. The number of methoxy groups -OCH3 is 1. The van der Waals surface area contributed by atoms with Crippen molar-refractivity contribution in [3.05, 3.63) is 53.5 Å². The van der Waals surface area contributed by atoms with E-state index in [1.807, 2.05) is 25.1 Å². The molecule has 0 aliphatic carbocycles. The van der Waals surface area contributed by atoms with Gasteiger partial charge in [-0.2, -0.15) is 0 Å². The third kappa shape index (κ3) is 6.13. The monoisotopic (exact) mass is 429 g/mol. The summed E-state index contributed by atoms with van der Waals surface area (Å²) in [6.45, 7) is 3.53. The lowest BCUT2D eigenvalue weighted by atomic mass is 10.1. The molecule has 1 heterocycles. The third-order valence-electron chi connectivity index (χ3n) is 3.39. The van der Waals surface area contributed by atoms with Crippen LogP contribution in [0.2, 0.25) is 0 Å². The van der Waals surface area contributed by atoms with Crippen LogP contribution in [0.25, 0.3) is 0 Å². The van der Waals surface area contributed by atoms with Gasteiger partial charge in [0, 0.05) is 26.6 Å². The lowest BCUT2D eigenvalue weighted by Crippen LogP contribution is -2.37. The fourth-order valence-corrected chi connectivity index (χ4v) is 2.22. The molecule has 2 N–H and O–H groups in total. The largest absolute Gasteiger partial charge is 0.496 e. The second-order valence-electron chi connectivity index (χ2n) is 4.99. The minimum Gasteiger partial charge on any atom is -0.496 e. The molecule has 23 heavy (non-hydrogen) atoms. The van der Waals surface area contributed by atoms with E-state index in [-0.39, 0.29) is 24.0 Å². The van der Waals surface area contributed by atoms with E-state index in [2.05, 4.69) is 27.8 Å². The Labute approximate surface area is 154 Å². The van der Waals surface area contributed by atoms with Crippen LogP contribution in [0.1, 0.15) is 16.9 Å². The van der Waals surface area contributed by atoms with E-state index in [1.165, 1.54) is 5.56 Å². The molecule has 126 valence electrons. The number of aliphatic imine (C=N–C) groups is 1. The zero-order valence-corrected chi connectivity index (χ0v) is 16.1. The predicted molar refractivity (Wildman–Crippen MR) is 104 cm³/mol. The van der Waals surface area contributed by atoms with Gasteiger partial charge in [0.2, 0.25) is 0 Å². The van der Waals surface area contributed by atoms with Crippen LogP contribution in [-0.4, -0.2) is 26.7 Å². The Kier molecular flexibility index (Phi) is 8.53. The zero-order valence-electron chi connectivity index (χ0n) is 13.8. The Morgan fingerprint density at radius 2 is 2.09 bits per heavy atom. The topological polar surface area (TPSA) is 58.8 Å². The Hall–Kier alpha value is -1.70. The lowest BCUT2D eigenvalue weighted by Gasteiger charge is -2.12. The number of nitrogens with one attached hydrogen (secondary N) is 2. The smallest absolute Gasteiger partial charge is 0.191 e. The van der Waals surface area contributed by atoms with Crippen molar-refractivity contribution in [2.45, 2.75) is 19.9 Å². The number of hydrogen-bond donors (Lipinski definition) is 2. The van der Waals surface area contributed by atoms with E-state index >= 15 is 0 Å². The first-order valence-corrected chi connectivity index (χ1v) is 7.33. The second-order valence-corrected chi connectivity index (χ2v) is 4.99. The molecule has 1 aromatic heterocycles. The molecule has 0 unspecified atom stereocenters. The molecule has 0 radical (unpaired) electrons. The highest BCUT2D eigenvalue weighted by Gasteiger charge is 2.02. The van der Waals surface area contributed by atoms with Crippen molar-refractivity contribution >= 4 is 29.9 Å². The van der Waals surface area contributed by atoms with Gasteiger partial charge in [-0.1, -0.05) is 12.1 Å². The summed E-state index contributed by atoms with van der Waals surface area (Å²) in [6, 6.07) is 10.0. The van der Waals surface area contributed by atoms with Gasteiger partial charge in [-0.15, -0.1) is 24.0 Å². The molecule has 0 spiro atoms. The minimum atomic E-state index is 0. The fraction of sp³-hybridized carbons (Fsp3) is 0.353. The standard InChI is InChI=1S/C17H23N3O2.HI/c1-13-11-14(6-7-16(13)21-3)12-20-17(18-2)19-9-8-15-5-4-10-22-15;/h4-7,10-11H,8-9,12H2,1-3H3,(H2,18,19,20);1H. The molecule has 0 aliphatic rings. The summed E-state index contributed by atoms with van der Waals surface area (Å²) in [7, 11) is 3.45. The van der Waals surface area contributed by atoms with Gasteiger partial charge in [0.25, 0.3) is 0 Å². The summed E-state index contributed by atoms with van der Waals surface area (Å²) >= 11 is 0. The Balaban J connectivity index is 0.00000264. The number of nitrogens with zero attached hydrogens (tertiary/aromatic N) is 1. The van der Waals surface area contributed by atoms with Crippen molar-refractivity contribution in [2.24, 2.45) is 4.99 Å². The number of rotatable bonds is 6. The van der Waals surface area contributed by atoms with Crippen LogP contribution in [0.3, 0.4) is 0 Å². The maximum atomic E-state index is 5.30. The zero-order chi connectivity index (χ0) is 15.8. The number of benzene rings is 1.